The molecule has 20 heavy (non-hydrogen) atoms. The molecule has 0 unspecified atom stereocenters. The van der Waals surface area contributed by atoms with Gasteiger partial charge in [0.05, 0.1) is 11.8 Å². The van der Waals surface area contributed by atoms with Gasteiger partial charge in [-0.15, -0.1) is 10.2 Å². The zero-order valence-corrected chi connectivity index (χ0v) is 11.2. The van der Waals surface area contributed by atoms with Gasteiger partial charge in [-0.05, 0) is 38.1 Å². The second-order valence-corrected chi connectivity index (χ2v) is 4.40. The Balaban J connectivity index is 2.19. The summed E-state index contributed by atoms with van der Waals surface area (Å²) in [5, 5.41) is 19.2. The van der Waals surface area contributed by atoms with E-state index in [0.29, 0.717) is 11.6 Å². The van der Waals surface area contributed by atoms with E-state index < -0.39 is 5.97 Å². The van der Waals surface area contributed by atoms with E-state index in [4.69, 9.17) is 9.84 Å². The van der Waals surface area contributed by atoms with Crippen molar-refractivity contribution >= 4 is 17.5 Å². The minimum absolute atomic E-state index is 0.0541. The largest absolute Gasteiger partial charge is 0.489 e. The van der Waals surface area contributed by atoms with Crippen LogP contribution in [0, 0.1) is 0 Å². The van der Waals surface area contributed by atoms with Crippen LogP contribution in [0.4, 0.5) is 11.5 Å². The van der Waals surface area contributed by atoms with E-state index >= 15 is 0 Å². The van der Waals surface area contributed by atoms with Crippen molar-refractivity contribution in [1.29, 1.82) is 0 Å². The van der Waals surface area contributed by atoms with Crippen molar-refractivity contribution in [2.75, 3.05) is 5.32 Å². The van der Waals surface area contributed by atoms with Gasteiger partial charge < -0.3 is 15.2 Å². The van der Waals surface area contributed by atoms with E-state index in [1.165, 1.54) is 6.07 Å². The molecule has 104 valence electrons. The first-order chi connectivity index (χ1) is 9.56. The van der Waals surface area contributed by atoms with Gasteiger partial charge in [-0.25, -0.2) is 4.79 Å². The number of aromatic nitrogens is 2. The lowest BCUT2D eigenvalue weighted by molar-refractivity contribution is 0.0689. The van der Waals surface area contributed by atoms with Crippen molar-refractivity contribution in [3.8, 4) is 5.75 Å². The molecule has 0 radical (unpaired) electrons. The van der Waals surface area contributed by atoms with Gasteiger partial charge in [0.1, 0.15) is 5.75 Å². The van der Waals surface area contributed by atoms with Crippen molar-refractivity contribution in [1.82, 2.24) is 10.2 Å². The minimum Gasteiger partial charge on any atom is -0.489 e. The van der Waals surface area contributed by atoms with Crippen molar-refractivity contribution < 1.29 is 14.6 Å². The Hall–Kier alpha value is -2.63. The van der Waals surface area contributed by atoms with E-state index in [9.17, 15) is 4.79 Å². The van der Waals surface area contributed by atoms with Crippen LogP contribution in [0.1, 0.15) is 24.3 Å². The second kappa shape index (κ2) is 6.01. The van der Waals surface area contributed by atoms with Gasteiger partial charge in [-0.3, -0.25) is 0 Å². The standard InChI is InChI=1S/C14H15N3O3/c1-9(2)20-12-6-4-3-5-10(12)15-13-8-7-11(14(18)19)16-17-13/h3-9H,1-2H3,(H,15,17)(H,18,19). The first-order valence-electron chi connectivity index (χ1n) is 6.16. The van der Waals surface area contributed by atoms with E-state index in [1.54, 1.807) is 6.07 Å². The monoisotopic (exact) mass is 273 g/mol. The van der Waals surface area contributed by atoms with Gasteiger partial charge >= 0.3 is 5.97 Å². The Morgan fingerprint density at radius 1 is 1.20 bits per heavy atom. The van der Waals surface area contributed by atoms with Gasteiger partial charge in [0.2, 0.25) is 0 Å². The Kier molecular flexibility index (Phi) is 4.14. The molecule has 0 amide bonds. The molecule has 0 aliphatic carbocycles. The second-order valence-electron chi connectivity index (χ2n) is 4.40. The van der Waals surface area contributed by atoms with Gasteiger partial charge in [-0.1, -0.05) is 12.1 Å². The first-order valence-corrected chi connectivity index (χ1v) is 6.16. The number of carboxylic acid groups (broad SMARTS) is 1. The van der Waals surface area contributed by atoms with Crippen molar-refractivity contribution in [3.63, 3.8) is 0 Å². The average Bonchev–Trinajstić information content (AvgIpc) is 2.41. The predicted molar refractivity (Wildman–Crippen MR) is 74.5 cm³/mol. The molecule has 6 nitrogen and oxygen atoms in total. The molecule has 0 atom stereocenters. The predicted octanol–water partition coefficient (Wildman–Crippen LogP) is 2.71. The molecule has 0 aliphatic rings. The van der Waals surface area contributed by atoms with Crippen LogP contribution in [0.25, 0.3) is 0 Å². The molecule has 0 saturated heterocycles. The molecule has 0 saturated carbocycles. The number of nitrogens with zero attached hydrogens (tertiary/aromatic N) is 2. The van der Waals surface area contributed by atoms with Crippen LogP contribution in [0.2, 0.25) is 0 Å². The normalized spacial score (nSPS) is 10.3. The summed E-state index contributed by atoms with van der Waals surface area (Å²) in [6.07, 6.45) is 0.0541. The van der Waals surface area contributed by atoms with E-state index in [2.05, 4.69) is 15.5 Å². The lowest BCUT2D eigenvalue weighted by Crippen LogP contribution is -2.08. The summed E-state index contributed by atoms with van der Waals surface area (Å²) >= 11 is 0. The van der Waals surface area contributed by atoms with Gasteiger partial charge in [-0.2, -0.15) is 0 Å². The number of benzene rings is 1. The maximum atomic E-state index is 10.7. The summed E-state index contributed by atoms with van der Waals surface area (Å²) in [4.78, 5) is 10.7. The van der Waals surface area contributed by atoms with Crippen LogP contribution in [0.5, 0.6) is 5.75 Å². The third kappa shape index (κ3) is 3.44. The fourth-order valence-corrected chi connectivity index (χ4v) is 1.58. The summed E-state index contributed by atoms with van der Waals surface area (Å²) < 4.78 is 5.67. The quantitative estimate of drug-likeness (QED) is 0.871. The highest BCUT2D eigenvalue weighted by atomic mass is 16.5. The molecule has 0 fully saturated rings. The first kappa shape index (κ1) is 13.8. The van der Waals surface area contributed by atoms with Crippen molar-refractivity contribution in [2.45, 2.75) is 20.0 Å². The minimum atomic E-state index is -1.10. The zero-order chi connectivity index (χ0) is 14.5. The molecular weight excluding hydrogens is 258 g/mol. The smallest absolute Gasteiger partial charge is 0.356 e. The summed E-state index contributed by atoms with van der Waals surface area (Å²) in [7, 11) is 0. The number of rotatable bonds is 5. The third-order valence-corrected chi connectivity index (χ3v) is 2.40. The molecule has 2 rings (SSSR count). The molecule has 2 N–H and O–H groups in total. The lowest BCUT2D eigenvalue weighted by Gasteiger charge is -2.14. The third-order valence-electron chi connectivity index (χ3n) is 2.40. The molecule has 1 aromatic heterocycles. The van der Waals surface area contributed by atoms with Gasteiger partial charge in [0.15, 0.2) is 11.5 Å². The number of aromatic carboxylic acids is 1. The number of ether oxygens (including phenoxy) is 1. The van der Waals surface area contributed by atoms with Gasteiger partial charge in [0, 0.05) is 0 Å². The summed E-state index contributed by atoms with van der Waals surface area (Å²) in [6.45, 7) is 3.89. The molecule has 0 bridgehead atoms. The molecular formula is C14H15N3O3. The number of nitrogens with one attached hydrogen (secondary N) is 1. The molecule has 0 aliphatic heterocycles. The number of hydrogen-bond acceptors (Lipinski definition) is 5. The highest BCUT2D eigenvalue weighted by Crippen LogP contribution is 2.27. The van der Waals surface area contributed by atoms with Crippen LogP contribution in [0.15, 0.2) is 36.4 Å². The number of anilines is 2. The maximum Gasteiger partial charge on any atom is 0.356 e. The number of hydrogen-bond donors (Lipinski definition) is 2. The zero-order valence-electron chi connectivity index (χ0n) is 11.2. The summed E-state index contributed by atoms with van der Waals surface area (Å²) in [6, 6.07) is 10.4. The maximum absolute atomic E-state index is 10.7. The molecule has 1 heterocycles. The molecule has 2 aromatic rings. The van der Waals surface area contributed by atoms with E-state index in [1.807, 2.05) is 38.1 Å². The van der Waals surface area contributed by atoms with Crippen LogP contribution in [-0.2, 0) is 0 Å². The Morgan fingerprint density at radius 3 is 2.55 bits per heavy atom. The lowest BCUT2D eigenvalue weighted by atomic mass is 10.3. The topological polar surface area (TPSA) is 84.3 Å². The van der Waals surface area contributed by atoms with Crippen LogP contribution in [0.3, 0.4) is 0 Å². The Bertz CT molecular complexity index is 597. The average molecular weight is 273 g/mol. The molecule has 1 aromatic carbocycles. The van der Waals surface area contributed by atoms with Crippen molar-refractivity contribution in [2.24, 2.45) is 0 Å². The fourth-order valence-electron chi connectivity index (χ4n) is 1.58. The number of carboxylic acids is 1. The van der Waals surface area contributed by atoms with Crippen molar-refractivity contribution in [3.05, 3.63) is 42.1 Å². The van der Waals surface area contributed by atoms with E-state index in [0.717, 1.165) is 5.69 Å². The van der Waals surface area contributed by atoms with Crippen LogP contribution < -0.4 is 10.1 Å². The summed E-state index contributed by atoms with van der Waals surface area (Å²) in [5.41, 5.74) is 0.654. The Morgan fingerprint density at radius 2 is 1.95 bits per heavy atom. The SMILES string of the molecule is CC(C)Oc1ccccc1Nc1ccc(C(=O)O)nn1. The molecule has 6 heteroatoms. The highest BCUT2D eigenvalue weighted by molar-refractivity contribution is 5.85. The fraction of sp³-hybridized carbons (Fsp3) is 0.214. The number of para-hydroxylation sites is 2. The van der Waals surface area contributed by atoms with E-state index in [-0.39, 0.29) is 11.8 Å². The highest BCUT2D eigenvalue weighted by Gasteiger charge is 2.08. The van der Waals surface area contributed by atoms with Crippen LogP contribution in [-0.4, -0.2) is 27.4 Å². The molecule has 0 spiro atoms. The number of carbonyl (C=O) groups is 1. The summed E-state index contributed by atoms with van der Waals surface area (Å²) in [5.74, 6) is 0.0500. The van der Waals surface area contributed by atoms with Gasteiger partial charge in [0.25, 0.3) is 0 Å². The van der Waals surface area contributed by atoms with Crippen LogP contribution >= 0.6 is 0 Å². The Labute approximate surface area is 116 Å².